The predicted octanol–water partition coefficient (Wildman–Crippen LogP) is 0.0170. The molecule has 22 heavy (non-hydrogen) atoms. The number of hydrogen-bond acceptors (Lipinski definition) is 5. The van der Waals surface area contributed by atoms with E-state index in [0.717, 1.165) is 18.5 Å². The molecule has 1 saturated heterocycles. The van der Waals surface area contributed by atoms with Gasteiger partial charge in [0.1, 0.15) is 0 Å². The van der Waals surface area contributed by atoms with Crippen LogP contribution in [-0.2, 0) is 31.4 Å². The van der Waals surface area contributed by atoms with Gasteiger partial charge in [-0.1, -0.05) is 6.92 Å². The standard InChI is InChI=1S/C14H24N5O2.Mo/c1-10-4-5-11(13(21)17-15)7-18(10)12-6-16-19(8-12)14(2,3)9-20;/h6,8,10-11,20H,2,4-5,7,9,15H2,1,3H3,(H,17,21);/q-1;. The number of carbonyl (C=O) groups excluding carboxylic acids is 1. The topological polar surface area (TPSA) is 96.4 Å². The van der Waals surface area contributed by atoms with Gasteiger partial charge in [-0.05, 0) is 25.3 Å². The van der Waals surface area contributed by atoms with Crippen LogP contribution in [0.15, 0.2) is 12.4 Å². The Balaban J connectivity index is 0.00000242. The van der Waals surface area contributed by atoms with Crippen molar-refractivity contribution in [3.8, 4) is 0 Å². The molecular formula is C14H24MoN5O2-. The van der Waals surface area contributed by atoms with E-state index in [0.29, 0.717) is 12.6 Å². The van der Waals surface area contributed by atoms with Crippen molar-refractivity contribution >= 4 is 11.6 Å². The summed E-state index contributed by atoms with van der Waals surface area (Å²) in [4.78, 5) is 13.9. The summed E-state index contributed by atoms with van der Waals surface area (Å²) in [7, 11) is 0. The zero-order valence-corrected chi connectivity index (χ0v) is 15.0. The first-order chi connectivity index (χ1) is 9.89. The predicted molar refractivity (Wildman–Crippen MR) is 80.2 cm³/mol. The van der Waals surface area contributed by atoms with Crippen molar-refractivity contribution in [1.82, 2.24) is 15.2 Å². The molecule has 3 unspecified atom stereocenters. The van der Waals surface area contributed by atoms with Crippen LogP contribution < -0.4 is 16.2 Å². The summed E-state index contributed by atoms with van der Waals surface area (Å²) >= 11 is 0. The average molecular weight is 390 g/mol. The minimum atomic E-state index is -0.689. The fourth-order valence-corrected chi connectivity index (χ4v) is 2.63. The van der Waals surface area contributed by atoms with E-state index in [1.165, 1.54) is 0 Å². The third kappa shape index (κ3) is 3.89. The SMILES string of the molecule is [CH2-]C(C)(CO)n1cc(N2CC(C(=O)NN)CCC2C)cn1.[Mo]. The van der Waals surface area contributed by atoms with Gasteiger partial charge in [0.05, 0.1) is 17.8 Å². The maximum Gasteiger partial charge on any atom is 0.238 e. The third-order valence-corrected chi connectivity index (χ3v) is 4.19. The zero-order chi connectivity index (χ0) is 15.6. The molecule has 8 heteroatoms. The average Bonchev–Trinajstić information content (AvgIpc) is 2.97. The second-order valence-corrected chi connectivity index (χ2v) is 6.08. The van der Waals surface area contributed by atoms with Crippen LogP contribution in [0.5, 0.6) is 0 Å². The Kier molecular flexibility index (Phi) is 6.59. The molecule has 1 amide bonds. The molecule has 0 saturated carbocycles. The molecule has 1 aliphatic rings. The van der Waals surface area contributed by atoms with E-state index in [1.807, 2.05) is 13.1 Å². The van der Waals surface area contributed by atoms with Crippen LogP contribution in [0.2, 0.25) is 0 Å². The van der Waals surface area contributed by atoms with E-state index < -0.39 is 5.54 Å². The van der Waals surface area contributed by atoms with Gasteiger partial charge in [-0.25, -0.2) is 5.84 Å². The van der Waals surface area contributed by atoms with E-state index in [4.69, 9.17) is 5.84 Å². The normalized spacial score (nSPS) is 24.3. The first kappa shape index (κ1) is 19.1. The smallest absolute Gasteiger partial charge is 0.238 e. The number of carbonyl (C=O) groups is 1. The number of aliphatic hydroxyl groups excluding tert-OH is 1. The number of anilines is 1. The van der Waals surface area contributed by atoms with Crippen molar-refractivity contribution < 1.29 is 31.0 Å². The van der Waals surface area contributed by atoms with Gasteiger partial charge in [-0.2, -0.15) is 5.10 Å². The molecule has 1 aromatic rings. The maximum absolute atomic E-state index is 11.7. The molecule has 2 rings (SSSR count). The van der Waals surface area contributed by atoms with Crippen molar-refractivity contribution in [1.29, 1.82) is 0 Å². The van der Waals surface area contributed by atoms with Gasteiger partial charge < -0.3 is 16.9 Å². The Morgan fingerprint density at radius 1 is 1.64 bits per heavy atom. The second-order valence-electron chi connectivity index (χ2n) is 6.08. The molecule has 2 heterocycles. The molecule has 7 nitrogen and oxygen atoms in total. The molecule has 1 fully saturated rings. The zero-order valence-electron chi connectivity index (χ0n) is 13.0. The number of aromatic nitrogens is 2. The van der Waals surface area contributed by atoms with Gasteiger partial charge >= 0.3 is 0 Å². The second kappa shape index (κ2) is 7.57. The molecule has 4 N–H and O–H groups in total. The molecular weight excluding hydrogens is 366 g/mol. The number of rotatable bonds is 4. The van der Waals surface area contributed by atoms with E-state index in [9.17, 15) is 9.90 Å². The van der Waals surface area contributed by atoms with Gasteiger partial charge in [-0.3, -0.25) is 14.9 Å². The van der Waals surface area contributed by atoms with Crippen LogP contribution in [0.3, 0.4) is 0 Å². The van der Waals surface area contributed by atoms with Crippen LogP contribution in [0.4, 0.5) is 5.69 Å². The minimum Gasteiger partial charge on any atom is -0.397 e. The van der Waals surface area contributed by atoms with Gasteiger partial charge in [0.25, 0.3) is 0 Å². The molecule has 0 bridgehead atoms. The van der Waals surface area contributed by atoms with Crippen LogP contribution in [0, 0.1) is 12.8 Å². The number of nitrogens with two attached hydrogens (primary N) is 1. The Hall–Kier alpha value is -0.912. The molecule has 0 radical (unpaired) electrons. The number of piperidine rings is 1. The fraction of sp³-hybridized carbons (Fsp3) is 0.643. The Morgan fingerprint density at radius 3 is 2.91 bits per heavy atom. The number of hydrogen-bond donors (Lipinski definition) is 3. The summed E-state index contributed by atoms with van der Waals surface area (Å²) in [5.74, 6) is 4.99. The summed E-state index contributed by atoms with van der Waals surface area (Å²) in [6.45, 7) is 8.40. The quantitative estimate of drug-likeness (QED) is 0.221. The molecule has 1 aliphatic heterocycles. The van der Waals surface area contributed by atoms with Gasteiger partial charge in [0, 0.05) is 46.5 Å². The number of nitrogens with one attached hydrogen (secondary N) is 1. The summed E-state index contributed by atoms with van der Waals surface area (Å²) in [6, 6.07) is 0.328. The molecule has 0 spiro atoms. The Labute approximate surface area is 145 Å². The summed E-state index contributed by atoms with van der Waals surface area (Å²) < 4.78 is 1.65. The molecule has 0 aromatic carbocycles. The van der Waals surface area contributed by atoms with Crippen molar-refractivity contribution in [3.05, 3.63) is 19.3 Å². The van der Waals surface area contributed by atoms with Crippen molar-refractivity contribution in [2.24, 2.45) is 11.8 Å². The van der Waals surface area contributed by atoms with Crippen molar-refractivity contribution in [2.45, 2.75) is 38.3 Å². The number of aliphatic hydroxyl groups is 1. The van der Waals surface area contributed by atoms with E-state index in [2.05, 4.69) is 29.3 Å². The van der Waals surface area contributed by atoms with E-state index in [1.54, 1.807) is 10.9 Å². The fourth-order valence-electron chi connectivity index (χ4n) is 2.63. The number of hydrazine groups is 1. The largest absolute Gasteiger partial charge is 0.397 e. The van der Waals surface area contributed by atoms with Gasteiger partial charge in [0.15, 0.2) is 0 Å². The Bertz CT molecular complexity index is 505. The first-order valence-electron chi connectivity index (χ1n) is 7.17. The number of amides is 1. The van der Waals surface area contributed by atoms with E-state index in [-0.39, 0.29) is 39.5 Å². The van der Waals surface area contributed by atoms with Gasteiger partial charge in [0.2, 0.25) is 5.91 Å². The summed E-state index contributed by atoms with van der Waals surface area (Å²) in [5, 5.41) is 13.6. The van der Waals surface area contributed by atoms with Crippen LogP contribution in [-0.4, -0.2) is 40.0 Å². The first-order valence-corrected chi connectivity index (χ1v) is 7.17. The molecule has 0 aliphatic carbocycles. The molecule has 124 valence electrons. The third-order valence-electron chi connectivity index (χ3n) is 4.19. The van der Waals surface area contributed by atoms with Crippen LogP contribution >= 0.6 is 0 Å². The van der Waals surface area contributed by atoms with Crippen molar-refractivity contribution in [3.63, 3.8) is 0 Å². The van der Waals surface area contributed by atoms with Crippen molar-refractivity contribution in [2.75, 3.05) is 18.1 Å². The van der Waals surface area contributed by atoms with Crippen LogP contribution in [0.1, 0.15) is 26.7 Å². The molecule has 1 aromatic heterocycles. The van der Waals surface area contributed by atoms with Gasteiger partial charge in [-0.15, -0.1) is 0 Å². The van der Waals surface area contributed by atoms with E-state index >= 15 is 0 Å². The maximum atomic E-state index is 11.7. The number of nitrogens with zero attached hydrogens (tertiary/aromatic N) is 3. The molecule has 3 atom stereocenters. The minimum absolute atomic E-state index is 0. The summed E-state index contributed by atoms with van der Waals surface area (Å²) in [5.41, 5.74) is 2.47. The summed E-state index contributed by atoms with van der Waals surface area (Å²) in [6.07, 6.45) is 5.37. The van der Waals surface area contributed by atoms with Crippen LogP contribution in [0.25, 0.3) is 0 Å². The Morgan fingerprint density at radius 2 is 2.32 bits per heavy atom. The monoisotopic (exact) mass is 392 g/mol.